The molecule has 1 aliphatic rings. The molecule has 1 aliphatic heterocycles. The second-order valence-electron chi connectivity index (χ2n) is 4.69. The van der Waals surface area contributed by atoms with E-state index in [1.54, 1.807) is 18.2 Å². The van der Waals surface area contributed by atoms with Gasteiger partial charge in [-0.15, -0.1) is 12.4 Å². The molecular weight excluding hydrogens is 343 g/mol. The summed E-state index contributed by atoms with van der Waals surface area (Å²) in [6, 6.07) is 5.07. The molecule has 0 aliphatic carbocycles. The summed E-state index contributed by atoms with van der Waals surface area (Å²) in [5.74, 6) is -0.166. The zero-order valence-electron chi connectivity index (χ0n) is 10.8. The molecule has 1 fully saturated rings. The summed E-state index contributed by atoms with van der Waals surface area (Å²) in [5.41, 5.74) is 6.24. The third-order valence-corrected chi connectivity index (χ3v) is 5.79. The number of rotatable bonds is 3. The molecule has 20 heavy (non-hydrogen) atoms. The fraction of sp³-hybridized carbons (Fsp3) is 0.500. The van der Waals surface area contributed by atoms with Gasteiger partial charge in [0, 0.05) is 34.7 Å². The summed E-state index contributed by atoms with van der Waals surface area (Å²) in [5, 5.41) is 0.759. The topological polar surface area (TPSA) is 63.4 Å². The highest BCUT2D eigenvalue weighted by Crippen LogP contribution is 2.27. The van der Waals surface area contributed by atoms with Crippen molar-refractivity contribution in [2.45, 2.75) is 24.6 Å². The number of piperidine rings is 1. The lowest BCUT2D eigenvalue weighted by molar-refractivity contribution is 0.319. The molecule has 1 aromatic carbocycles. The van der Waals surface area contributed by atoms with E-state index < -0.39 is 10.0 Å². The lowest BCUT2D eigenvalue weighted by Crippen LogP contribution is -2.43. The Hall–Kier alpha value is -0.0400. The Bertz CT molecular complexity index is 538. The monoisotopic (exact) mass is 358 g/mol. The van der Waals surface area contributed by atoms with Crippen LogP contribution in [0.25, 0.3) is 0 Å². The fourth-order valence-corrected chi connectivity index (χ4v) is 4.41. The summed E-state index contributed by atoms with van der Waals surface area (Å²) in [4.78, 5) is 0. The Labute approximate surface area is 135 Å². The number of nitrogens with two attached hydrogens (primary N) is 1. The number of halogens is 3. The van der Waals surface area contributed by atoms with Crippen molar-refractivity contribution in [1.29, 1.82) is 0 Å². The molecule has 1 saturated heterocycles. The first-order valence-electron chi connectivity index (χ1n) is 6.06. The standard InChI is InChI=1S/C12H16Cl2N2O2S.ClH/c13-11-2-1-3-12(14)10(11)8-19(17,18)16-6-4-9(15)5-7-16;/h1-3,9H,4-8,15H2;1H. The molecule has 0 atom stereocenters. The first kappa shape index (κ1) is 18.0. The van der Waals surface area contributed by atoms with Crippen LogP contribution in [0, 0.1) is 0 Å². The van der Waals surface area contributed by atoms with Crippen LogP contribution in [0.15, 0.2) is 18.2 Å². The van der Waals surface area contributed by atoms with Gasteiger partial charge in [0.05, 0.1) is 5.75 Å². The highest BCUT2D eigenvalue weighted by Gasteiger charge is 2.28. The summed E-state index contributed by atoms with van der Waals surface area (Å²) < 4.78 is 26.1. The maximum absolute atomic E-state index is 12.3. The van der Waals surface area contributed by atoms with Crippen LogP contribution in [0.1, 0.15) is 18.4 Å². The summed E-state index contributed by atoms with van der Waals surface area (Å²) >= 11 is 12.0. The molecule has 0 amide bonds. The van der Waals surface area contributed by atoms with Crippen molar-refractivity contribution in [3.8, 4) is 0 Å². The summed E-state index contributed by atoms with van der Waals surface area (Å²) in [7, 11) is -3.40. The van der Waals surface area contributed by atoms with Crippen LogP contribution in [0.4, 0.5) is 0 Å². The quantitative estimate of drug-likeness (QED) is 0.902. The maximum atomic E-state index is 12.3. The molecule has 0 saturated carbocycles. The number of hydrogen-bond donors (Lipinski definition) is 1. The van der Waals surface area contributed by atoms with E-state index in [0.717, 1.165) is 0 Å². The van der Waals surface area contributed by atoms with E-state index in [4.69, 9.17) is 28.9 Å². The lowest BCUT2D eigenvalue weighted by atomic mass is 10.1. The van der Waals surface area contributed by atoms with Gasteiger partial charge in [0.2, 0.25) is 10.0 Å². The molecule has 2 N–H and O–H groups in total. The lowest BCUT2D eigenvalue weighted by Gasteiger charge is -2.29. The summed E-state index contributed by atoms with van der Waals surface area (Å²) in [6.45, 7) is 0.928. The normalized spacial score (nSPS) is 17.8. The van der Waals surface area contributed by atoms with E-state index in [1.807, 2.05) is 0 Å². The average Bonchev–Trinajstić information content (AvgIpc) is 2.35. The highest BCUT2D eigenvalue weighted by molar-refractivity contribution is 7.88. The molecule has 1 aromatic rings. The van der Waals surface area contributed by atoms with Gasteiger partial charge in [-0.25, -0.2) is 12.7 Å². The highest BCUT2D eigenvalue weighted by atomic mass is 35.5. The number of sulfonamides is 1. The fourth-order valence-electron chi connectivity index (χ4n) is 2.10. The van der Waals surface area contributed by atoms with Crippen LogP contribution in [-0.2, 0) is 15.8 Å². The van der Waals surface area contributed by atoms with Gasteiger partial charge in [0.15, 0.2) is 0 Å². The molecule has 1 heterocycles. The molecule has 0 aromatic heterocycles. The van der Waals surface area contributed by atoms with Gasteiger partial charge in [-0.05, 0) is 25.0 Å². The van der Waals surface area contributed by atoms with E-state index in [1.165, 1.54) is 4.31 Å². The smallest absolute Gasteiger partial charge is 0.218 e. The van der Waals surface area contributed by atoms with Gasteiger partial charge in [-0.2, -0.15) is 0 Å². The Kier molecular flexibility index (Phi) is 6.57. The van der Waals surface area contributed by atoms with E-state index in [0.29, 0.717) is 41.5 Å². The van der Waals surface area contributed by atoms with Crippen LogP contribution >= 0.6 is 35.6 Å². The van der Waals surface area contributed by atoms with Crippen molar-refractivity contribution in [3.63, 3.8) is 0 Å². The second kappa shape index (κ2) is 7.29. The van der Waals surface area contributed by atoms with E-state index in [9.17, 15) is 8.42 Å². The molecule has 4 nitrogen and oxygen atoms in total. The van der Waals surface area contributed by atoms with Crippen molar-refractivity contribution in [2.24, 2.45) is 5.73 Å². The van der Waals surface area contributed by atoms with Gasteiger partial charge in [-0.3, -0.25) is 0 Å². The van der Waals surface area contributed by atoms with Crippen LogP contribution < -0.4 is 5.73 Å². The Balaban J connectivity index is 0.00000200. The molecule has 0 unspecified atom stereocenters. The zero-order chi connectivity index (χ0) is 14.0. The Morgan fingerprint density at radius 2 is 1.70 bits per heavy atom. The number of benzene rings is 1. The van der Waals surface area contributed by atoms with E-state index >= 15 is 0 Å². The van der Waals surface area contributed by atoms with Crippen LogP contribution in [0.3, 0.4) is 0 Å². The van der Waals surface area contributed by atoms with E-state index in [2.05, 4.69) is 0 Å². The molecule has 114 valence electrons. The second-order valence-corrected chi connectivity index (χ2v) is 7.48. The SMILES string of the molecule is Cl.NC1CCN(S(=O)(=O)Cc2c(Cl)cccc2Cl)CC1. The molecule has 0 bridgehead atoms. The van der Waals surface area contributed by atoms with Gasteiger partial charge in [0.1, 0.15) is 0 Å². The molecule has 8 heteroatoms. The zero-order valence-corrected chi connectivity index (χ0v) is 13.9. The molecule has 2 rings (SSSR count). The van der Waals surface area contributed by atoms with Gasteiger partial charge >= 0.3 is 0 Å². The molecule has 0 spiro atoms. The third-order valence-electron chi connectivity index (χ3n) is 3.28. The van der Waals surface area contributed by atoms with Gasteiger partial charge in [0.25, 0.3) is 0 Å². The van der Waals surface area contributed by atoms with Gasteiger partial charge in [-0.1, -0.05) is 29.3 Å². The van der Waals surface area contributed by atoms with Crippen LogP contribution in [0.2, 0.25) is 10.0 Å². The minimum atomic E-state index is -3.40. The molecular formula is C12H17Cl3N2O2S. The minimum absolute atomic E-state index is 0. The van der Waals surface area contributed by atoms with Crippen molar-refractivity contribution in [3.05, 3.63) is 33.8 Å². The van der Waals surface area contributed by atoms with E-state index in [-0.39, 0.29) is 24.2 Å². The predicted octanol–water partition coefficient (Wildman–Crippen LogP) is 2.67. The number of nitrogens with zero attached hydrogens (tertiary/aromatic N) is 1. The van der Waals surface area contributed by atoms with Crippen molar-refractivity contribution >= 4 is 45.6 Å². The minimum Gasteiger partial charge on any atom is -0.328 e. The average molecular weight is 360 g/mol. The van der Waals surface area contributed by atoms with Crippen molar-refractivity contribution in [1.82, 2.24) is 4.31 Å². The number of hydrogen-bond acceptors (Lipinski definition) is 3. The van der Waals surface area contributed by atoms with Crippen LogP contribution in [-0.4, -0.2) is 31.9 Å². The maximum Gasteiger partial charge on any atom is 0.218 e. The molecule has 0 radical (unpaired) electrons. The Morgan fingerprint density at radius 3 is 2.20 bits per heavy atom. The van der Waals surface area contributed by atoms with Crippen molar-refractivity contribution in [2.75, 3.05) is 13.1 Å². The Morgan fingerprint density at radius 1 is 1.20 bits per heavy atom. The van der Waals surface area contributed by atoms with Gasteiger partial charge < -0.3 is 5.73 Å². The largest absolute Gasteiger partial charge is 0.328 e. The van der Waals surface area contributed by atoms with Crippen molar-refractivity contribution < 1.29 is 8.42 Å². The summed E-state index contributed by atoms with van der Waals surface area (Å²) in [6.07, 6.45) is 1.38. The first-order valence-corrected chi connectivity index (χ1v) is 8.43. The predicted molar refractivity (Wildman–Crippen MR) is 85.1 cm³/mol. The van der Waals surface area contributed by atoms with Crippen LogP contribution in [0.5, 0.6) is 0 Å². The first-order chi connectivity index (χ1) is 8.90. The third kappa shape index (κ3) is 4.23.